The Morgan fingerprint density at radius 2 is 2.45 bits per heavy atom. The second-order valence-corrected chi connectivity index (χ2v) is 2.38. The molecule has 5 heteroatoms. The lowest BCUT2D eigenvalue weighted by Crippen LogP contribution is -1.96. The highest BCUT2D eigenvalue weighted by Crippen LogP contribution is 2.00. The van der Waals surface area contributed by atoms with Crippen LogP contribution >= 0.6 is 11.6 Å². The van der Waals surface area contributed by atoms with Gasteiger partial charge >= 0.3 is 0 Å². The molecule has 1 heterocycles. The molecule has 0 spiro atoms. The van der Waals surface area contributed by atoms with Crippen LogP contribution in [0.25, 0.3) is 0 Å². The molecule has 1 aromatic heterocycles. The summed E-state index contributed by atoms with van der Waals surface area (Å²) < 4.78 is 4.70. The van der Waals surface area contributed by atoms with Crippen LogP contribution in [0.1, 0.15) is 18.6 Å². The Kier molecular flexibility index (Phi) is 2.59. The molecule has 0 atom stereocenters. The Balaban J connectivity index is 2.65. The molecule has 60 valence electrons. The molecule has 0 amide bonds. The maximum atomic E-state index is 10.5. The quantitative estimate of drug-likeness (QED) is 0.640. The number of hydrogen-bond acceptors (Lipinski definition) is 4. The number of nitrogens with zero attached hydrogens (tertiary/aromatic N) is 2. The van der Waals surface area contributed by atoms with Gasteiger partial charge in [-0.15, -0.1) is 11.6 Å². The van der Waals surface area contributed by atoms with Gasteiger partial charge in [-0.3, -0.25) is 4.79 Å². The highest BCUT2D eigenvalue weighted by molar-refractivity contribution is 6.16. The average Bonchev–Trinajstić information content (AvgIpc) is 2.34. The summed E-state index contributed by atoms with van der Waals surface area (Å²) in [7, 11) is 0. The van der Waals surface area contributed by atoms with Crippen molar-refractivity contribution in [3.8, 4) is 0 Å². The summed E-state index contributed by atoms with van der Waals surface area (Å²) in [5, 5.41) is 3.52. The first-order valence-corrected chi connectivity index (χ1v) is 3.62. The summed E-state index contributed by atoms with van der Waals surface area (Å²) in [5.41, 5.74) is 0. The van der Waals surface area contributed by atoms with Gasteiger partial charge in [0.1, 0.15) is 5.78 Å². The number of carbonyl (C=O) groups excluding carboxylic acids is 1. The van der Waals surface area contributed by atoms with Crippen molar-refractivity contribution in [1.82, 2.24) is 10.1 Å². The third-order valence-electron chi connectivity index (χ3n) is 1.03. The van der Waals surface area contributed by atoms with E-state index in [4.69, 9.17) is 16.1 Å². The van der Waals surface area contributed by atoms with Crippen LogP contribution in [-0.4, -0.2) is 15.9 Å². The smallest absolute Gasteiger partial charge is 0.234 e. The standard InChI is InChI=1S/C6H7ClN2O2/c1-4(10)2-6-8-5(3-7)9-11-6/h2-3H2,1H3. The number of hydrogen-bond donors (Lipinski definition) is 0. The summed E-state index contributed by atoms with van der Waals surface area (Å²) in [6.45, 7) is 1.46. The highest BCUT2D eigenvalue weighted by Gasteiger charge is 2.06. The number of halogens is 1. The van der Waals surface area contributed by atoms with E-state index in [1.54, 1.807) is 0 Å². The summed E-state index contributed by atoms with van der Waals surface area (Å²) in [6.07, 6.45) is 0.184. The van der Waals surface area contributed by atoms with Crippen molar-refractivity contribution in [3.63, 3.8) is 0 Å². The van der Waals surface area contributed by atoms with Gasteiger partial charge in [-0.25, -0.2) is 0 Å². The minimum absolute atomic E-state index is 0.00484. The first-order valence-electron chi connectivity index (χ1n) is 3.09. The van der Waals surface area contributed by atoms with E-state index < -0.39 is 0 Å². The molecule has 1 rings (SSSR count). The van der Waals surface area contributed by atoms with Gasteiger partial charge in [0, 0.05) is 0 Å². The molecule has 0 radical (unpaired) electrons. The van der Waals surface area contributed by atoms with E-state index in [1.165, 1.54) is 6.92 Å². The number of Topliss-reactive ketones (excluding diaryl/α,β-unsaturated/α-hetero) is 1. The Hall–Kier alpha value is -0.900. The Morgan fingerprint density at radius 3 is 2.91 bits per heavy atom. The maximum absolute atomic E-state index is 10.5. The molecule has 0 saturated heterocycles. The van der Waals surface area contributed by atoms with Crippen molar-refractivity contribution in [2.45, 2.75) is 19.2 Å². The lowest BCUT2D eigenvalue weighted by Gasteiger charge is -1.83. The first kappa shape index (κ1) is 8.20. The van der Waals surface area contributed by atoms with Crippen molar-refractivity contribution in [3.05, 3.63) is 11.7 Å². The van der Waals surface area contributed by atoms with Crippen LogP contribution in [0.2, 0.25) is 0 Å². The van der Waals surface area contributed by atoms with E-state index in [9.17, 15) is 4.79 Å². The molecule has 0 aromatic carbocycles. The molecule has 0 bridgehead atoms. The molecule has 0 aliphatic heterocycles. The molecule has 4 nitrogen and oxygen atoms in total. The third kappa shape index (κ3) is 2.31. The van der Waals surface area contributed by atoms with Crippen LogP contribution in [0.15, 0.2) is 4.52 Å². The monoisotopic (exact) mass is 174 g/mol. The van der Waals surface area contributed by atoms with Crippen LogP contribution < -0.4 is 0 Å². The fourth-order valence-electron chi connectivity index (χ4n) is 0.629. The van der Waals surface area contributed by atoms with Gasteiger partial charge in [0.2, 0.25) is 5.89 Å². The maximum Gasteiger partial charge on any atom is 0.234 e. The fourth-order valence-corrected chi connectivity index (χ4v) is 0.738. The molecule has 1 aromatic rings. The molecule has 11 heavy (non-hydrogen) atoms. The van der Waals surface area contributed by atoms with Crippen molar-refractivity contribution in [2.75, 3.05) is 0 Å². The molecule has 0 unspecified atom stereocenters. The molecular weight excluding hydrogens is 168 g/mol. The summed E-state index contributed by atoms with van der Waals surface area (Å²) >= 11 is 5.41. The third-order valence-corrected chi connectivity index (χ3v) is 1.27. The van der Waals surface area contributed by atoms with Crippen molar-refractivity contribution in [1.29, 1.82) is 0 Å². The fraction of sp³-hybridized carbons (Fsp3) is 0.500. The van der Waals surface area contributed by atoms with Gasteiger partial charge in [-0.2, -0.15) is 4.98 Å². The van der Waals surface area contributed by atoms with Crippen molar-refractivity contribution < 1.29 is 9.32 Å². The first-order chi connectivity index (χ1) is 5.22. The van der Waals surface area contributed by atoms with Gasteiger partial charge in [-0.05, 0) is 6.92 Å². The number of rotatable bonds is 3. The van der Waals surface area contributed by atoms with Crippen LogP contribution in [-0.2, 0) is 17.1 Å². The Labute approximate surface area is 68.5 Å². The predicted molar refractivity (Wildman–Crippen MR) is 38.2 cm³/mol. The Morgan fingerprint density at radius 1 is 1.73 bits per heavy atom. The topological polar surface area (TPSA) is 56.0 Å². The minimum atomic E-state index is -0.00484. The van der Waals surface area contributed by atoms with Gasteiger partial charge in [0.25, 0.3) is 0 Å². The van der Waals surface area contributed by atoms with Gasteiger partial charge < -0.3 is 4.52 Å². The number of aromatic nitrogens is 2. The lowest BCUT2D eigenvalue weighted by atomic mass is 10.3. The van der Waals surface area contributed by atoms with Crippen molar-refractivity contribution in [2.24, 2.45) is 0 Å². The van der Waals surface area contributed by atoms with Crippen molar-refractivity contribution >= 4 is 17.4 Å². The number of carbonyl (C=O) groups is 1. The number of ketones is 1. The van der Waals surface area contributed by atoms with Crippen LogP contribution in [0, 0.1) is 0 Å². The van der Waals surface area contributed by atoms with E-state index in [0.717, 1.165) is 0 Å². The van der Waals surface area contributed by atoms with Gasteiger partial charge in [0.15, 0.2) is 5.82 Å². The zero-order valence-corrected chi connectivity index (χ0v) is 6.76. The number of alkyl halides is 1. The largest absolute Gasteiger partial charge is 0.339 e. The second kappa shape index (κ2) is 3.48. The molecular formula is C6H7ClN2O2. The van der Waals surface area contributed by atoms with Gasteiger partial charge in [-0.1, -0.05) is 5.16 Å². The SMILES string of the molecule is CC(=O)Cc1nc(CCl)no1. The summed E-state index contributed by atoms with van der Waals surface area (Å²) in [4.78, 5) is 14.4. The summed E-state index contributed by atoms with van der Waals surface area (Å²) in [5.74, 6) is 0.951. The molecule has 0 fully saturated rings. The zero-order chi connectivity index (χ0) is 8.27. The summed E-state index contributed by atoms with van der Waals surface area (Å²) in [6, 6.07) is 0. The van der Waals surface area contributed by atoms with E-state index in [-0.39, 0.29) is 18.1 Å². The highest BCUT2D eigenvalue weighted by atomic mass is 35.5. The lowest BCUT2D eigenvalue weighted by molar-refractivity contribution is -0.116. The van der Waals surface area contributed by atoms with E-state index in [0.29, 0.717) is 11.7 Å². The Bertz CT molecular complexity index is 259. The van der Waals surface area contributed by atoms with E-state index >= 15 is 0 Å². The van der Waals surface area contributed by atoms with Crippen LogP contribution in [0.5, 0.6) is 0 Å². The molecule has 0 saturated carbocycles. The normalized spacial score (nSPS) is 10.0. The predicted octanol–water partition coefficient (Wildman–Crippen LogP) is 0.940. The molecule has 0 aliphatic carbocycles. The second-order valence-electron chi connectivity index (χ2n) is 2.12. The van der Waals surface area contributed by atoms with Crippen LogP contribution in [0.3, 0.4) is 0 Å². The van der Waals surface area contributed by atoms with E-state index in [1.807, 2.05) is 0 Å². The average molecular weight is 175 g/mol. The van der Waals surface area contributed by atoms with Gasteiger partial charge in [0.05, 0.1) is 12.3 Å². The molecule has 0 N–H and O–H groups in total. The van der Waals surface area contributed by atoms with E-state index in [2.05, 4.69) is 10.1 Å². The minimum Gasteiger partial charge on any atom is -0.339 e. The van der Waals surface area contributed by atoms with Crippen LogP contribution in [0.4, 0.5) is 0 Å². The zero-order valence-electron chi connectivity index (χ0n) is 6.00. The molecule has 0 aliphatic rings.